The number of fused-ring (bicyclic) bond motifs is 1. The van der Waals surface area contributed by atoms with Crippen molar-refractivity contribution in [1.82, 2.24) is 24.4 Å². The van der Waals surface area contributed by atoms with E-state index in [2.05, 4.69) is 48.2 Å². The molecule has 3 aromatic heterocycles. The number of alkyl halides is 2. The Morgan fingerprint density at radius 2 is 1.86 bits per heavy atom. The summed E-state index contributed by atoms with van der Waals surface area (Å²) in [5.74, 6) is 0.626. The van der Waals surface area contributed by atoms with Crippen LogP contribution in [0.15, 0.2) is 35.1 Å². The largest absolute Gasteiger partial charge is 0.417 e. The molecule has 36 heavy (non-hydrogen) atoms. The highest BCUT2D eigenvalue weighted by atomic mass is 19.3. The maximum absolute atomic E-state index is 12.7. The van der Waals surface area contributed by atoms with Gasteiger partial charge in [-0.25, -0.2) is 9.78 Å². The molecule has 0 radical (unpaired) electrons. The Morgan fingerprint density at radius 3 is 2.53 bits per heavy atom. The van der Waals surface area contributed by atoms with Gasteiger partial charge in [0, 0.05) is 44.3 Å². The topological polar surface area (TPSA) is 80.7 Å². The lowest BCUT2D eigenvalue weighted by molar-refractivity contribution is -0.0531. The molecule has 1 saturated heterocycles. The van der Waals surface area contributed by atoms with E-state index in [1.807, 2.05) is 13.0 Å². The Hall–Kier alpha value is -3.65. The van der Waals surface area contributed by atoms with Crippen LogP contribution < -0.4 is 15.3 Å². The zero-order valence-corrected chi connectivity index (χ0v) is 20.7. The van der Waals surface area contributed by atoms with Crippen LogP contribution in [0, 0.1) is 6.57 Å². The number of aryl methyl sites for hydroxylation is 1. The van der Waals surface area contributed by atoms with Crippen molar-refractivity contribution in [1.29, 1.82) is 0 Å². The smallest absolute Gasteiger partial charge is 0.388 e. The van der Waals surface area contributed by atoms with Crippen molar-refractivity contribution >= 4 is 22.7 Å². The molecule has 11 heteroatoms. The van der Waals surface area contributed by atoms with Gasteiger partial charge in [-0.3, -0.25) is 9.47 Å². The Balaban J connectivity index is 1.71. The van der Waals surface area contributed by atoms with Gasteiger partial charge in [-0.2, -0.15) is 13.8 Å². The number of ether oxygens (including phenoxy) is 1. The van der Waals surface area contributed by atoms with E-state index < -0.39 is 6.61 Å². The third-order valence-corrected chi connectivity index (χ3v) is 6.87. The summed E-state index contributed by atoms with van der Waals surface area (Å²) in [5.41, 5.74) is 1.42. The molecule has 1 aliphatic heterocycles. The highest BCUT2D eigenvalue weighted by molar-refractivity contribution is 5.87. The van der Waals surface area contributed by atoms with E-state index in [0.29, 0.717) is 35.6 Å². The Kier molecular flexibility index (Phi) is 7.45. The van der Waals surface area contributed by atoms with E-state index in [1.54, 1.807) is 25.2 Å². The molecule has 0 spiro atoms. The SMILES string of the molecule is [C-]#[N+]c1ccc2c(n1)c(N1C[C@@H](CC)N(C(C)c3cccc(OC(F)F)n3)C[C@@H]1CC)nc(=O)n2C. The van der Waals surface area contributed by atoms with Crippen LogP contribution in [0.25, 0.3) is 15.9 Å². The summed E-state index contributed by atoms with van der Waals surface area (Å²) in [5, 5.41) is 0. The summed E-state index contributed by atoms with van der Waals surface area (Å²) in [4.78, 5) is 33.8. The van der Waals surface area contributed by atoms with Crippen LogP contribution in [0.1, 0.15) is 45.3 Å². The van der Waals surface area contributed by atoms with Crippen molar-refractivity contribution in [3.05, 3.63) is 57.9 Å². The van der Waals surface area contributed by atoms with Gasteiger partial charge < -0.3 is 14.5 Å². The van der Waals surface area contributed by atoms with Crippen LogP contribution in [-0.4, -0.2) is 56.2 Å². The fourth-order valence-electron chi connectivity index (χ4n) is 4.87. The maximum Gasteiger partial charge on any atom is 0.388 e. The van der Waals surface area contributed by atoms with Crippen molar-refractivity contribution in [3.63, 3.8) is 0 Å². The summed E-state index contributed by atoms with van der Waals surface area (Å²) >= 11 is 0. The van der Waals surface area contributed by atoms with E-state index in [1.165, 1.54) is 10.6 Å². The van der Waals surface area contributed by atoms with Crippen LogP contribution >= 0.6 is 0 Å². The van der Waals surface area contributed by atoms with Gasteiger partial charge in [0.25, 0.3) is 5.82 Å². The average molecular weight is 498 g/mol. The fourth-order valence-corrected chi connectivity index (χ4v) is 4.87. The Morgan fingerprint density at radius 1 is 1.11 bits per heavy atom. The van der Waals surface area contributed by atoms with Crippen LogP contribution in [0.2, 0.25) is 0 Å². The van der Waals surface area contributed by atoms with Gasteiger partial charge in [0.05, 0.1) is 11.2 Å². The number of nitrogens with zero attached hydrogens (tertiary/aromatic N) is 7. The summed E-state index contributed by atoms with van der Waals surface area (Å²) in [7, 11) is 1.64. The minimum absolute atomic E-state index is 0.0111. The normalized spacial score (nSPS) is 19.4. The molecular formula is C25H29F2N7O2. The molecule has 190 valence electrons. The highest BCUT2D eigenvalue weighted by Crippen LogP contribution is 2.33. The van der Waals surface area contributed by atoms with E-state index in [-0.39, 0.29) is 35.5 Å². The number of rotatable bonds is 7. The molecule has 0 aliphatic carbocycles. The fraction of sp³-hybridized carbons (Fsp3) is 0.480. The van der Waals surface area contributed by atoms with Crippen molar-refractivity contribution in [2.24, 2.45) is 7.05 Å². The maximum atomic E-state index is 12.7. The second-order valence-corrected chi connectivity index (χ2v) is 8.85. The molecule has 0 aromatic carbocycles. The lowest BCUT2D eigenvalue weighted by Gasteiger charge is -2.48. The molecule has 1 fully saturated rings. The number of piperazine rings is 1. The van der Waals surface area contributed by atoms with Crippen LogP contribution in [0.3, 0.4) is 0 Å². The van der Waals surface area contributed by atoms with Gasteiger partial charge in [-0.05, 0) is 38.0 Å². The van der Waals surface area contributed by atoms with Gasteiger partial charge in [0.15, 0.2) is 5.82 Å². The van der Waals surface area contributed by atoms with E-state index in [9.17, 15) is 13.6 Å². The van der Waals surface area contributed by atoms with Crippen molar-refractivity contribution in [3.8, 4) is 5.88 Å². The standard InChI is InChI=1S/C25H29F2N7O2/c1-6-16-14-34(23-22-19(32(5)25(35)31-23)11-12-20(28-4)30-22)17(7-2)13-33(16)15(3)18-9-8-10-21(29-18)36-24(26)27/h8-12,15-17,24H,6-7,13-14H2,1-3,5H3/t15?,16-,17+/m1/s1. The predicted octanol–water partition coefficient (Wildman–Crippen LogP) is 4.32. The van der Waals surface area contributed by atoms with Crippen molar-refractivity contribution in [2.45, 2.75) is 58.3 Å². The van der Waals surface area contributed by atoms with E-state index in [0.717, 1.165) is 12.8 Å². The molecule has 0 amide bonds. The third-order valence-electron chi connectivity index (χ3n) is 6.87. The number of anilines is 1. The van der Waals surface area contributed by atoms with Crippen LogP contribution in [-0.2, 0) is 7.05 Å². The minimum atomic E-state index is -2.93. The Bertz CT molecular complexity index is 1340. The Labute approximate surface area is 208 Å². The number of hydrogen-bond acceptors (Lipinski definition) is 7. The third kappa shape index (κ3) is 4.86. The zero-order valence-electron chi connectivity index (χ0n) is 20.7. The molecule has 0 bridgehead atoms. The van der Waals surface area contributed by atoms with E-state index >= 15 is 0 Å². The average Bonchev–Trinajstić information content (AvgIpc) is 2.89. The number of aromatic nitrogens is 4. The second kappa shape index (κ2) is 10.5. The molecule has 9 nitrogen and oxygen atoms in total. The van der Waals surface area contributed by atoms with Crippen LogP contribution in [0.4, 0.5) is 20.4 Å². The number of halogens is 2. The molecule has 0 saturated carbocycles. The van der Waals surface area contributed by atoms with Crippen molar-refractivity contribution in [2.75, 3.05) is 18.0 Å². The summed E-state index contributed by atoms with van der Waals surface area (Å²) < 4.78 is 31.4. The summed E-state index contributed by atoms with van der Waals surface area (Å²) in [6, 6.07) is 8.18. The quantitative estimate of drug-likeness (QED) is 0.450. The molecular weight excluding hydrogens is 468 g/mol. The summed E-state index contributed by atoms with van der Waals surface area (Å²) in [6.07, 6.45) is 1.59. The first-order valence-electron chi connectivity index (χ1n) is 12.0. The number of pyridine rings is 2. The first-order valence-corrected chi connectivity index (χ1v) is 12.0. The van der Waals surface area contributed by atoms with E-state index in [4.69, 9.17) is 6.57 Å². The van der Waals surface area contributed by atoms with Crippen molar-refractivity contribution < 1.29 is 13.5 Å². The molecule has 1 aliphatic rings. The molecule has 0 N–H and O–H groups in total. The lowest BCUT2D eigenvalue weighted by Crippen LogP contribution is -2.59. The zero-order chi connectivity index (χ0) is 26.0. The van der Waals surface area contributed by atoms with Gasteiger partial charge in [-0.15, -0.1) is 4.98 Å². The molecule has 1 unspecified atom stereocenters. The molecule has 3 aromatic rings. The molecule has 4 rings (SSSR count). The first kappa shape index (κ1) is 25.4. The van der Waals surface area contributed by atoms with Gasteiger partial charge in [0.1, 0.15) is 0 Å². The summed E-state index contributed by atoms with van der Waals surface area (Å²) in [6.45, 7) is 11.8. The second-order valence-electron chi connectivity index (χ2n) is 8.85. The first-order chi connectivity index (χ1) is 17.3. The van der Waals surface area contributed by atoms with Gasteiger partial charge in [-0.1, -0.05) is 26.5 Å². The van der Waals surface area contributed by atoms with Gasteiger partial charge >= 0.3 is 12.3 Å². The molecule has 3 atom stereocenters. The lowest BCUT2D eigenvalue weighted by atomic mass is 9.98. The molecule has 4 heterocycles. The van der Waals surface area contributed by atoms with Crippen LogP contribution in [0.5, 0.6) is 5.88 Å². The van der Waals surface area contributed by atoms with Gasteiger partial charge in [0.2, 0.25) is 11.4 Å². The highest BCUT2D eigenvalue weighted by Gasteiger charge is 2.37. The monoisotopic (exact) mass is 497 g/mol. The minimum Gasteiger partial charge on any atom is -0.417 e. The number of hydrogen-bond donors (Lipinski definition) is 0. The predicted molar refractivity (Wildman–Crippen MR) is 133 cm³/mol.